The highest BCUT2D eigenvalue weighted by atomic mass is 19.1. The molecule has 1 aromatic heterocycles. The normalized spacial score (nSPS) is 11.7. The van der Waals surface area contributed by atoms with E-state index < -0.39 is 5.82 Å². The summed E-state index contributed by atoms with van der Waals surface area (Å²) >= 11 is 0. The van der Waals surface area contributed by atoms with Gasteiger partial charge in [0, 0.05) is 29.4 Å². The van der Waals surface area contributed by atoms with Crippen LogP contribution in [0, 0.1) is 5.82 Å². The van der Waals surface area contributed by atoms with E-state index in [-0.39, 0.29) is 11.8 Å². The molecule has 0 amide bonds. The number of hydrogen-bond acceptors (Lipinski definition) is 5. The van der Waals surface area contributed by atoms with Crippen LogP contribution in [0.3, 0.4) is 0 Å². The number of ether oxygens (including phenoxy) is 1. The van der Waals surface area contributed by atoms with Crippen LogP contribution in [0.25, 0.3) is 11.3 Å². The van der Waals surface area contributed by atoms with Gasteiger partial charge in [-0.1, -0.05) is 37.3 Å². The van der Waals surface area contributed by atoms with E-state index in [2.05, 4.69) is 34.4 Å². The van der Waals surface area contributed by atoms with Crippen LogP contribution in [-0.4, -0.2) is 23.1 Å². The zero-order chi connectivity index (χ0) is 19.2. The minimum Gasteiger partial charge on any atom is -0.494 e. The fraction of sp³-hybridized carbons (Fsp3) is 0.238. The lowest BCUT2D eigenvalue weighted by molar-refractivity contribution is 0.386. The van der Waals surface area contributed by atoms with E-state index in [4.69, 9.17) is 4.74 Å². The average molecular weight is 366 g/mol. The third-order valence-corrected chi connectivity index (χ3v) is 4.21. The third kappa shape index (κ3) is 4.73. The van der Waals surface area contributed by atoms with E-state index in [0.717, 1.165) is 17.7 Å². The fourth-order valence-corrected chi connectivity index (χ4v) is 2.55. The van der Waals surface area contributed by atoms with Crippen LogP contribution in [0.2, 0.25) is 0 Å². The number of benzene rings is 2. The maximum absolute atomic E-state index is 14.0. The Morgan fingerprint density at radius 2 is 1.85 bits per heavy atom. The maximum atomic E-state index is 14.0. The molecule has 0 radical (unpaired) electrons. The SMILES string of the molecule is CC[C@@H](C)Nc1nc(Nc2ccc(OC)c(F)c2)cc(-c2ccccc2)n1. The van der Waals surface area contributed by atoms with Crippen LogP contribution < -0.4 is 15.4 Å². The van der Waals surface area contributed by atoms with Gasteiger partial charge in [0.15, 0.2) is 11.6 Å². The molecular weight excluding hydrogens is 343 g/mol. The number of nitrogens with one attached hydrogen (secondary N) is 2. The van der Waals surface area contributed by atoms with Crippen LogP contribution in [0.15, 0.2) is 54.6 Å². The largest absolute Gasteiger partial charge is 0.494 e. The van der Waals surface area contributed by atoms with Gasteiger partial charge in [-0.15, -0.1) is 0 Å². The lowest BCUT2D eigenvalue weighted by Crippen LogP contribution is -2.16. The second-order valence-corrected chi connectivity index (χ2v) is 6.26. The summed E-state index contributed by atoms with van der Waals surface area (Å²) in [4.78, 5) is 9.15. The summed E-state index contributed by atoms with van der Waals surface area (Å²) in [5.41, 5.74) is 2.35. The molecule has 140 valence electrons. The van der Waals surface area contributed by atoms with E-state index in [0.29, 0.717) is 17.5 Å². The Labute approximate surface area is 158 Å². The van der Waals surface area contributed by atoms with Crippen molar-refractivity contribution in [2.45, 2.75) is 26.3 Å². The molecule has 2 aromatic carbocycles. The topological polar surface area (TPSA) is 59.1 Å². The van der Waals surface area contributed by atoms with Crippen molar-refractivity contribution >= 4 is 17.5 Å². The first-order valence-electron chi connectivity index (χ1n) is 8.90. The summed E-state index contributed by atoms with van der Waals surface area (Å²) in [7, 11) is 1.44. The molecule has 5 nitrogen and oxygen atoms in total. The first-order chi connectivity index (χ1) is 13.1. The van der Waals surface area contributed by atoms with Crippen molar-refractivity contribution in [3.05, 3.63) is 60.4 Å². The number of hydrogen-bond donors (Lipinski definition) is 2. The van der Waals surface area contributed by atoms with Crippen molar-refractivity contribution in [1.29, 1.82) is 0 Å². The Morgan fingerprint density at radius 1 is 1.07 bits per heavy atom. The summed E-state index contributed by atoms with van der Waals surface area (Å²) in [6, 6.07) is 16.7. The zero-order valence-corrected chi connectivity index (χ0v) is 15.7. The van der Waals surface area contributed by atoms with Gasteiger partial charge in [-0.2, -0.15) is 4.98 Å². The fourth-order valence-electron chi connectivity index (χ4n) is 2.55. The molecule has 0 spiro atoms. The molecule has 6 heteroatoms. The predicted octanol–water partition coefficient (Wildman–Crippen LogP) is 5.25. The number of aromatic nitrogens is 2. The molecule has 0 aliphatic carbocycles. The van der Waals surface area contributed by atoms with Crippen molar-refractivity contribution in [3.63, 3.8) is 0 Å². The molecule has 0 saturated carbocycles. The van der Waals surface area contributed by atoms with Crippen LogP contribution in [0.1, 0.15) is 20.3 Å². The molecule has 0 unspecified atom stereocenters. The number of halogens is 1. The third-order valence-electron chi connectivity index (χ3n) is 4.21. The Bertz CT molecular complexity index is 902. The van der Waals surface area contributed by atoms with E-state index in [1.165, 1.54) is 13.2 Å². The van der Waals surface area contributed by atoms with Crippen LogP contribution in [-0.2, 0) is 0 Å². The lowest BCUT2D eigenvalue weighted by atomic mass is 10.1. The monoisotopic (exact) mass is 366 g/mol. The van der Waals surface area contributed by atoms with Crippen molar-refractivity contribution < 1.29 is 9.13 Å². The summed E-state index contributed by atoms with van der Waals surface area (Å²) in [5, 5.41) is 6.45. The highest BCUT2D eigenvalue weighted by Crippen LogP contribution is 2.26. The highest BCUT2D eigenvalue weighted by molar-refractivity contribution is 5.67. The van der Waals surface area contributed by atoms with Gasteiger partial charge in [0.1, 0.15) is 5.82 Å². The molecule has 0 aliphatic heterocycles. The lowest BCUT2D eigenvalue weighted by Gasteiger charge is -2.15. The zero-order valence-electron chi connectivity index (χ0n) is 15.7. The van der Waals surface area contributed by atoms with E-state index in [1.807, 2.05) is 36.4 Å². The van der Waals surface area contributed by atoms with Crippen LogP contribution in [0.5, 0.6) is 5.75 Å². The average Bonchev–Trinajstić information content (AvgIpc) is 2.68. The molecule has 0 aliphatic rings. The quantitative estimate of drug-likeness (QED) is 0.598. The van der Waals surface area contributed by atoms with Gasteiger partial charge in [0.05, 0.1) is 12.8 Å². The van der Waals surface area contributed by atoms with Crippen LogP contribution >= 0.6 is 0 Å². The molecule has 3 rings (SSSR count). The van der Waals surface area contributed by atoms with Crippen molar-refractivity contribution in [1.82, 2.24) is 9.97 Å². The molecule has 1 heterocycles. The summed E-state index contributed by atoms with van der Waals surface area (Å²) in [5.74, 6) is 0.881. The minimum atomic E-state index is -0.433. The first kappa shape index (κ1) is 18.6. The molecule has 2 N–H and O–H groups in total. The molecular formula is C21H23FN4O. The molecule has 1 atom stereocenters. The van der Waals surface area contributed by atoms with Crippen molar-refractivity contribution in [2.75, 3.05) is 17.7 Å². The van der Waals surface area contributed by atoms with Gasteiger partial charge in [0.25, 0.3) is 0 Å². The Balaban J connectivity index is 1.95. The molecule has 0 saturated heterocycles. The van der Waals surface area contributed by atoms with Crippen molar-refractivity contribution in [3.8, 4) is 17.0 Å². The molecule has 27 heavy (non-hydrogen) atoms. The first-order valence-corrected chi connectivity index (χ1v) is 8.90. The van der Waals surface area contributed by atoms with Gasteiger partial charge < -0.3 is 15.4 Å². The predicted molar refractivity (Wildman–Crippen MR) is 107 cm³/mol. The second kappa shape index (κ2) is 8.49. The maximum Gasteiger partial charge on any atom is 0.225 e. The van der Waals surface area contributed by atoms with Gasteiger partial charge in [0.2, 0.25) is 5.95 Å². The van der Waals surface area contributed by atoms with Gasteiger partial charge in [-0.3, -0.25) is 0 Å². The summed E-state index contributed by atoms with van der Waals surface area (Å²) in [6.45, 7) is 4.17. The molecule has 3 aromatic rings. The second-order valence-electron chi connectivity index (χ2n) is 6.26. The van der Waals surface area contributed by atoms with Gasteiger partial charge >= 0.3 is 0 Å². The number of anilines is 3. The number of rotatable bonds is 7. The van der Waals surface area contributed by atoms with Crippen LogP contribution in [0.4, 0.5) is 21.8 Å². The summed E-state index contributed by atoms with van der Waals surface area (Å²) < 4.78 is 18.9. The van der Waals surface area contributed by atoms with Crippen molar-refractivity contribution in [2.24, 2.45) is 0 Å². The Hall–Kier alpha value is -3.15. The minimum absolute atomic E-state index is 0.201. The summed E-state index contributed by atoms with van der Waals surface area (Å²) in [6.07, 6.45) is 0.950. The van der Waals surface area contributed by atoms with E-state index >= 15 is 0 Å². The highest BCUT2D eigenvalue weighted by Gasteiger charge is 2.10. The van der Waals surface area contributed by atoms with E-state index in [9.17, 15) is 4.39 Å². The standard InChI is InChI=1S/C21H23FN4O/c1-4-14(2)23-21-25-18(15-8-6-5-7-9-15)13-20(26-21)24-16-10-11-19(27-3)17(22)12-16/h5-14H,4H2,1-3H3,(H2,23,24,25,26)/t14-/m1/s1. The van der Waals surface area contributed by atoms with Gasteiger partial charge in [-0.25, -0.2) is 9.37 Å². The molecule has 0 bridgehead atoms. The number of methoxy groups -OCH3 is 1. The smallest absolute Gasteiger partial charge is 0.225 e. The molecule has 0 fully saturated rings. The Kier molecular flexibility index (Phi) is 5.86. The van der Waals surface area contributed by atoms with E-state index in [1.54, 1.807) is 12.1 Å². The number of nitrogens with zero attached hydrogens (tertiary/aromatic N) is 2. The Morgan fingerprint density at radius 3 is 2.52 bits per heavy atom. The van der Waals surface area contributed by atoms with Gasteiger partial charge in [-0.05, 0) is 25.5 Å².